The van der Waals surface area contributed by atoms with Crippen molar-refractivity contribution in [1.29, 1.82) is 0 Å². The van der Waals surface area contributed by atoms with E-state index in [-0.39, 0.29) is 0 Å². The molecule has 0 amide bonds. The van der Waals surface area contributed by atoms with Gasteiger partial charge in [0.15, 0.2) is 0 Å². The first-order valence-electron chi connectivity index (χ1n) is 4.16. The Bertz CT molecular complexity index is 424. The van der Waals surface area contributed by atoms with Gasteiger partial charge in [0.05, 0.1) is 12.7 Å². The molecule has 0 heterocycles. The smallest absolute Gasteiger partial charge is 0.417 e. The minimum absolute atomic E-state index is 0.707. The number of hydrogen-bond donors (Lipinski definition) is 0. The average molecular weight is 232 g/mol. The summed E-state index contributed by atoms with van der Waals surface area (Å²) in [6.45, 7) is 0. The van der Waals surface area contributed by atoms with E-state index in [9.17, 15) is 22.8 Å². The normalized spacial score (nSPS) is 11.0. The summed E-state index contributed by atoms with van der Waals surface area (Å²) in [6, 6.07) is 4.04. The molecule has 0 saturated carbocycles. The molecule has 0 radical (unpaired) electrons. The quantitative estimate of drug-likeness (QED) is 0.445. The Hall–Kier alpha value is -1.85. The summed E-state index contributed by atoms with van der Waals surface area (Å²) >= 11 is 0. The van der Waals surface area contributed by atoms with Crippen molar-refractivity contribution in [2.45, 2.75) is 6.18 Å². The molecule has 0 aliphatic heterocycles. The van der Waals surface area contributed by atoms with Gasteiger partial charge in [-0.15, -0.1) is 0 Å². The van der Waals surface area contributed by atoms with Crippen LogP contribution in [0.3, 0.4) is 0 Å². The Morgan fingerprint density at radius 1 is 1.19 bits per heavy atom. The molecular weight excluding hydrogens is 225 g/mol. The minimum Gasteiger partial charge on any atom is -0.463 e. The number of ether oxygens (including phenoxy) is 1. The summed E-state index contributed by atoms with van der Waals surface area (Å²) in [7, 11) is 0.927. The topological polar surface area (TPSA) is 43.4 Å². The number of carbonyl (C=O) groups is 2. The number of carbonyl (C=O) groups excluding carboxylic acids is 2. The van der Waals surface area contributed by atoms with Crippen LogP contribution in [0.25, 0.3) is 0 Å². The SMILES string of the molecule is COC(=O)C(=O)c1ccccc1C(F)(F)F. The van der Waals surface area contributed by atoms with Crippen LogP contribution in [0.1, 0.15) is 15.9 Å². The molecular formula is C10H7F3O3. The van der Waals surface area contributed by atoms with Crippen molar-refractivity contribution in [2.24, 2.45) is 0 Å². The largest absolute Gasteiger partial charge is 0.463 e. The van der Waals surface area contributed by atoms with Gasteiger partial charge in [0.25, 0.3) is 5.78 Å². The third kappa shape index (κ3) is 2.39. The Morgan fingerprint density at radius 2 is 1.75 bits per heavy atom. The van der Waals surface area contributed by atoms with Gasteiger partial charge in [-0.1, -0.05) is 18.2 Å². The van der Waals surface area contributed by atoms with Gasteiger partial charge in [-0.05, 0) is 6.07 Å². The lowest BCUT2D eigenvalue weighted by atomic mass is 10.0. The van der Waals surface area contributed by atoms with Crippen LogP contribution in [0.15, 0.2) is 24.3 Å². The van der Waals surface area contributed by atoms with E-state index in [1.807, 2.05) is 0 Å². The van der Waals surface area contributed by atoms with Gasteiger partial charge >= 0.3 is 12.1 Å². The lowest BCUT2D eigenvalue weighted by Gasteiger charge is -2.10. The van der Waals surface area contributed by atoms with Crippen LogP contribution < -0.4 is 0 Å². The van der Waals surface area contributed by atoms with E-state index >= 15 is 0 Å². The molecule has 0 aliphatic rings. The predicted octanol–water partition coefficient (Wildman–Crippen LogP) is 2.06. The zero-order valence-electron chi connectivity index (χ0n) is 8.17. The number of alkyl halides is 3. The van der Waals surface area contributed by atoms with Crippen molar-refractivity contribution in [3.63, 3.8) is 0 Å². The molecule has 0 N–H and O–H groups in total. The first kappa shape index (κ1) is 12.2. The molecule has 0 unspecified atom stereocenters. The van der Waals surface area contributed by atoms with E-state index in [1.165, 1.54) is 6.07 Å². The zero-order valence-corrected chi connectivity index (χ0v) is 8.17. The Labute approximate surface area is 88.8 Å². The fourth-order valence-corrected chi connectivity index (χ4v) is 1.13. The van der Waals surface area contributed by atoms with Crippen molar-refractivity contribution in [1.82, 2.24) is 0 Å². The second-order valence-electron chi connectivity index (χ2n) is 2.86. The number of hydrogen-bond acceptors (Lipinski definition) is 3. The highest BCUT2D eigenvalue weighted by Crippen LogP contribution is 2.32. The molecule has 3 nitrogen and oxygen atoms in total. The molecule has 0 bridgehead atoms. The lowest BCUT2D eigenvalue weighted by molar-refractivity contribution is -0.138. The second kappa shape index (κ2) is 4.34. The molecule has 0 spiro atoms. The summed E-state index contributed by atoms with van der Waals surface area (Å²) in [5.41, 5.74) is -1.85. The molecule has 0 aromatic heterocycles. The molecule has 16 heavy (non-hydrogen) atoms. The highest BCUT2D eigenvalue weighted by Gasteiger charge is 2.36. The number of rotatable bonds is 2. The summed E-state index contributed by atoms with van der Waals surface area (Å²) in [5.74, 6) is -2.63. The lowest BCUT2D eigenvalue weighted by Crippen LogP contribution is -2.20. The van der Waals surface area contributed by atoms with Crippen LogP contribution in [-0.4, -0.2) is 18.9 Å². The maximum atomic E-state index is 12.5. The van der Waals surface area contributed by atoms with E-state index in [2.05, 4.69) is 4.74 Å². The summed E-state index contributed by atoms with van der Waals surface area (Å²) in [6.07, 6.45) is -4.68. The van der Waals surface area contributed by atoms with Gasteiger partial charge in [-0.25, -0.2) is 4.79 Å². The van der Waals surface area contributed by atoms with E-state index in [1.54, 1.807) is 0 Å². The maximum Gasteiger partial charge on any atom is 0.417 e. The van der Waals surface area contributed by atoms with E-state index < -0.39 is 29.1 Å². The third-order valence-electron chi connectivity index (χ3n) is 1.85. The number of ketones is 1. The standard InChI is InChI=1S/C10H7F3O3/c1-16-9(15)8(14)6-4-2-3-5-7(6)10(11,12)13/h2-5H,1H3. The second-order valence-corrected chi connectivity index (χ2v) is 2.86. The van der Waals surface area contributed by atoms with Crippen molar-refractivity contribution < 1.29 is 27.5 Å². The molecule has 0 aliphatic carbocycles. The zero-order chi connectivity index (χ0) is 12.3. The molecule has 0 fully saturated rings. The number of halogens is 3. The van der Waals surface area contributed by atoms with Crippen molar-refractivity contribution in [3.8, 4) is 0 Å². The number of methoxy groups -OCH3 is 1. The highest BCUT2D eigenvalue weighted by atomic mass is 19.4. The first-order chi connectivity index (χ1) is 7.38. The highest BCUT2D eigenvalue weighted by molar-refractivity contribution is 6.41. The molecule has 1 aromatic rings. The van der Waals surface area contributed by atoms with Gasteiger partial charge in [0.2, 0.25) is 0 Å². The van der Waals surface area contributed by atoms with Crippen LogP contribution in [0.5, 0.6) is 0 Å². The van der Waals surface area contributed by atoms with E-state index in [0.717, 1.165) is 25.3 Å². The van der Waals surface area contributed by atoms with Gasteiger partial charge in [-0.2, -0.15) is 13.2 Å². The van der Waals surface area contributed by atoms with Crippen LogP contribution in [-0.2, 0) is 15.7 Å². The van der Waals surface area contributed by atoms with Crippen LogP contribution in [0.2, 0.25) is 0 Å². The maximum absolute atomic E-state index is 12.5. The molecule has 1 aromatic carbocycles. The predicted molar refractivity (Wildman–Crippen MR) is 47.8 cm³/mol. The van der Waals surface area contributed by atoms with Crippen LogP contribution in [0, 0.1) is 0 Å². The Morgan fingerprint density at radius 3 is 2.25 bits per heavy atom. The summed E-state index contributed by atoms with van der Waals surface area (Å²) in [4.78, 5) is 22.1. The molecule has 1 rings (SSSR count). The monoisotopic (exact) mass is 232 g/mol. The minimum atomic E-state index is -4.68. The van der Waals surface area contributed by atoms with Crippen molar-refractivity contribution in [3.05, 3.63) is 35.4 Å². The van der Waals surface area contributed by atoms with Crippen molar-refractivity contribution >= 4 is 11.8 Å². The molecule has 0 saturated heterocycles. The molecule has 6 heteroatoms. The number of esters is 1. The molecule has 86 valence electrons. The van der Waals surface area contributed by atoms with Gasteiger partial charge in [0, 0.05) is 5.56 Å². The molecule has 0 atom stereocenters. The fraction of sp³-hybridized carbons (Fsp3) is 0.200. The average Bonchev–Trinajstić information content (AvgIpc) is 2.26. The van der Waals surface area contributed by atoms with E-state index in [0.29, 0.717) is 0 Å². The Kier molecular flexibility index (Phi) is 3.31. The summed E-state index contributed by atoms with van der Waals surface area (Å²) < 4.78 is 41.5. The summed E-state index contributed by atoms with van der Waals surface area (Å²) in [5, 5.41) is 0. The van der Waals surface area contributed by atoms with Crippen LogP contribution >= 0.6 is 0 Å². The van der Waals surface area contributed by atoms with Crippen molar-refractivity contribution in [2.75, 3.05) is 7.11 Å². The van der Waals surface area contributed by atoms with Gasteiger partial charge < -0.3 is 4.74 Å². The van der Waals surface area contributed by atoms with E-state index in [4.69, 9.17) is 0 Å². The van der Waals surface area contributed by atoms with Gasteiger partial charge in [-0.3, -0.25) is 4.79 Å². The van der Waals surface area contributed by atoms with Gasteiger partial charge in [0.1, 0.15) is 0 Å². The first-order valence-corrected chi connectivity index (χ1v) is 4.16. The Balaban J connectivity index is 3.24. The fourth-order valence-electron chi connectivity index (χ4n) is 1.13. The van der Waals surface area contributed by atoms with Crippen LogP contribution in [0.4, 0.5) is 13.2 Å². The number of Topliss-reactive ketones (excluding diaryl/α,β-unsaturated/α-hetero) is 1. The third-order valence-corrected chi connectivity index (χ3v) is 1.85. The number of benzene rings is 1.